The molecule has 0 aliphatic carbocycles. The Kier molecular flexibility index (Phi) is 4.55. The van der Waals surface area contributed by atoms with Crippen LogP contribution in [0.3, 0.4) is 0 Å². The van der Waals surface area contributed by atoms with Gasteiger partial charge in [0.25, 0.3) is 0 Å². The largest absolute Gasteiger partial charge is 0.324 e. The monoisotopic (exact) mass is 272 g/mol. The Balaban J connectivity index is 2.11. The van der Waals surface area contributed by atoms with Crippen molar-refractivity contribution in [3.8, 4) is 0 Å². The predicted octanol–water partition coefficient (Wildman–Crippen LogP) is 3.11. The lowest BCUT2D eigenvalue weighted by molar-refractivity contribution is 0.472. The Labute approximate surface area is 121 Å². The van der Waals surface area contributed by atoms with Gasteiger partial charge in [-0.25, -0.2) is 0 Å². The third-order valence-corrected chi connectivity index (χ3v) is 3.80. The van der Waals surface area contributed by atoms with Crippen LogP contribution in [0.5, 0.6) is 0 Å². The first-order valence-corrected chi connectivity index (χ1v) is 7.25. The Morgan fingerprint density at radius 1 is 1.25 bits per heavy atom. The SMILES string of the molecule is CCC(C)n1ccc(CC(N)c2ccc(C)nc2C)n1. The van der Waals surface area contributed by atoms with Crippen LogP contribution in [0.2, 0.25) is 0 Å². The normalized spacial score (nSPS) is 14.2. The summed E-state index contributed by atoms with van der Waals surface area (Å²) in [6, 6.07) is 6.53. The molecule has 20 heavy (non-hydrogen) atoms. The minimum Gasteiger partial charge on any atom is -0.324 e. The maximum atomic E-state index is 6.31. The number of nitrogens with two attached hydrogens (primary N) is 1. The number of hydrogen-bond acceptors (Lipinski definition) is 3. The summed E-state index contributed by atoms with van der Waals surface area (Å²) in [7, 11) is 0. The van der Waals surface area contributed by atoms with Crippen LogP contribution in [0.25, 0.3) is 0 Å². The third-order valence-electron chi connectivity index (χ3n) is 3.80. The lowest BCUT2D eigenvalue weighted by atomic mass is 10.0. The minimum atomic E-state index is -0.0524. The number of hydrogen-bond donors (Lipinski definition) is 1. The van der Waals surface area contributed by atoms with Crippen LogP contribution < -0.4 is 5.73 Å². The van der Waals surface area contributed by atoms with Crippen molar-refractivity contribution in [2.45, 2.75) is 52.6 Å². The first-order chi connectivity index (χ1) is 9.51. The van der Waals surface area contributed by atoms with Crippen LogP contribution in [0.1, 0.15) is 55.0 Å². The molecule has 0 saturated carbocycles. The van der Waals surface area contributed by atoms with Crippen LogP contribution in [0, 0.1) is 13.8 Å². The lowest BCUT2D eigenvalue weighted by Gasteiger charge is -2.13. The smallest absolute Gasteiger partial charge is 0.0643 e. The first kappa shape index (κ1) is 14.7. The van der Waals surface area contributed by atoms with Gasteiger partial charge < -0.3 is 5.73 Å². The molecular formula is C16H24N4. The summed E-state index contributed by atoms with van der Waals surface area (Å²) in [5.41, 5.74) is 10.5. The van der Waals surface area contributed by atoms with E-state index in [1.54, 1.807) is 0 Å². The summed E-state index contributed by atoms with van der Waals surface area (Å²) in [5, 5.41) is 4.61. The van der Waals surface area contributed by atoms with E-state index in [1.807, 2.05) is 30.8 Å². The molecule has 4 nitrogen and oxygen atoms in total. The zero-order valence-electron chi connectivity index (χ0n) is 12.8. The number of pyridine rings is 1. The number of nitrogens with zero attached hydrogens (tertiary/aromatic N) is 3. The van der Waals surface area contributed by atoms with Gasteiger partial charge in [-0.05, 0) is 44.9 Å². The van der Waals surface area contributed by atoms with Gasteiger partial charge in [-0.15, -0.1) is 0 Å². The van der Waals surface area contributed by atoms with Crippen molar-refractivity contribution in [3.05, 3.63) is 47.0 Å². The van der Waals surface area contributed by atoms with Crippen LogP contribution >= 0.6 is 0 Å². The van der Waals surface area contributed by atoms with Gasteiger partial charge in [0.1, 0.15) is 0 Å². The molecule has 0 radical (unpaired) electrons. The highest BCUT2D eigenvalue weighted by Crippen LogP contribution is 2.19. The molecule has 0 aliphatic heterocycles. The highest BCUT2D eigenvalue weighted by Gasteiger charge is 2.13. The van der Waals surface area contributed by atoms with Crippen LogP contribution in [-0.2, 0) is 6.42 Å². The standard InChI is InChI=1S/C16H24N4/c1-5-12(3)20-9-8-14(19-20)10-16(17)15-7-6-11(2)18-13(15)4/h6-9,12,16H,5,10,17H2,1-4H3. The molecule has 2 N–H and O–H groups in total. The molecule has 108 valence electrons. The maximum absolute atomic E-state index is 6.31. The van der Waals surface area contributed by atoms with E-state index in [4.69, 9.17) is 5.73 Å². The van der Waals surface area contributed by atoms with Gasteiger partial charge in [-0.2, -0.15) is 5.10 Å². The van der Waals surface area contributed by atoms with Crippen molar-refractivity contribution in [3.63, 3.8) is 0 Å². The number of rotatable bonds is 5. The minimum absolute atomic E-state index is 0.0524. The zero-order chi connectivity index (χ0) is 14.7. The second-order valence-electron chi connectivity index (χ2n) is 5.48. The van der Waals surface area contributed by atoms with Crippen molar-refractivity contribution in [1.82, 2.24) is 14.8 Å². The Morgan fingerprint density at radius 2 is 2.00 bits per heavy atom. The molecule has 2 aromatic heterocycles. The van der Waals surface area contributed by atoms with Crippen molar-refractivity contribution in [1.29, 1.82) is 0 Å². The molecule has 2 heterocycles. The van der Waals surface area contributed by atoms with E-state index in [2.05, 4.69) is 36.1 Å². The molecule has 0 spiro atoms. The topological polar surface area (TPSA) is 56.7 Å². The molecule has 2 aromatic rings. The molecule has 0 bridgehead atoms. The van der Waals surface area contributed by atoms with Crippen LogP contribution in [0.15, 0.2) is 24.4 Å². The average molecular weight is 272 g/mol. The average Bonchev–Trinajstić information content (AvgIpc) is 2.86. The molecule has 0 fully saturated rings. The predicted molar refractivity (Wildman–Crippen MR) is 81.6 cm³/mol. The van der Waals surface area contributed by atoms with E-state index in [0.29, 0.717) is 6.04 Å². The van der Waals surface area contributed by atoms with E-state index in [9.17, 15) is 0 Å². The fraction of sp³-hybridized carbons (Fsp3) is 0.500. The van der Waals surface area contributed by atoms with Gasteiger partial charge in [0.2, 0.25) is 0 Å². The zero-order valence-corrected chi connectivity index (χ0v) is 12.8. The summed E-state index contributed by atoms with van der Waals surface area (Å²) >= 11 is 0. The first-order valence-electron chi connectivity index (χ1n) is 7.25. The Hall–Kier alpha value is -1.68. The van der Waals surface area contributed by atoms with Gasteiger partial charge in [-0.1, -0.05) is 13.0 Å². The second-order valence-corrected chi connectivity index (χ2v) is 5.48. The molecule has 0 amide bonds. The van der Waals surface area contributed by atoms with Crippen molar-refractivity contribution < 1.29 is 0 Å². The molecule has 0 aliphatic rings. The molecule has 0 aromatic carbocycles. The molecule has 2 unspecified atom stereocenters. The Morgan fingerprint density at radius 3 is 2.65 bits per heavy atom. The summed E-state index contributed by atoms with van der Waals surface area (Å²) in [5.74, 6) is 0. The number of aryl methyl sites for hydroxylation is 2. The molecule has 4 heteroatoms. The number of aromatic nitrogens is 3. The van der Waals surface area contributed by atoms with E-state index in [0.717, 1.165) is 35.5 Å². The van der Waals surface area contributed by atoms with Gasteiger partial charge >= 0.3 is 0 Å². The van der Waals surface area contributed by atoms with Crippen molar-refractivity contribution in [2.75, 3.05) is 0 Å². The summed E-state index contributed by atoms with van der Waals surface area (Å²) in [6.45, 7) is 8.35. The lowest BCUT2D eigenvalue weighted by Crippen LogP contribution is -2.16. The van der Waals surface area contributed by atoms with Gasteiger partial charge in [-0.3, -0.25) is 9.67 Å². The molecular weight excluding hydrogens is 248 g/mol. The van der Waals surface area contributed by atoms with Crippen LogP contribution in [-0.4, -0.2) is 14.8 Å². The maximum Gasteiger partial charge on any atom is 0.0643 e. The van der Waals surface area contributed by atoms with Crippen molar-refractivity contribution in [2.24, 2.45) is 5.73 Å². The highest BCUT2D eigenvalue weighted by atomic mass is 15.3. The Bertz CT molecular complexity index is 574. The van der Waals surface area contributed by atoms with E-state index in [1.165, 1.54) is 0 Å². The third kappa shape index (κ3) is 3.25. The van der Waals surface area contributed by atoms with E-state index >= 15 is 0 Å². The molecule has 2 rings (SSSR count). The summed E-state index contributed by atoms with van der Waals surface area (Å²) in [4.78, 5) is 4.48. The van der Waals surface area contributed by atoms with E-state index < -0.39 is 0 Å². The van der Waals surface area contributed by atoms with Gasteiger partial charge in [0, 0.05) is 36.1 Å². The second kappa shape index (κ2) is 6.18. The summed E-state index contributed by atoms with van der Waals surface area (Å²) in [6.07, 6.45) is 3.86. The van der Waals surface area contributed by atoms with Crippen molar-refractivity contribution >= 4 is 0 Å². The molecule has 0 saturated heterocycles. The fourth-order valence-electron chi connectivity index (χ4n) is 2.34. The summed E-state index contributed by atoms with van der Waals surface area (Å²) < 4.78 is 2.02. The van der Waals surface area contributed by atoms with Crippen LogP contribution in [0.4, 0.5) is 0 Å². The quantitative estimate of drug-likeness (QED) is 0.910. The van der Waals surface area contributed by atoms with Gasteiger partial charge in [0.15, 0.2) is 0 Å². The van der Waals surface area contributed by atoms with Gasteiger partial charge in [0.05, 0.1) is 5.69 Å². The fourth-order valence-corrected chi connectivity index (χ4v) is 2.34. The molecule has 2 atom stereocenters. The van der Waals surface area contributed by atoms with E-state index in [-0.39, 0.29) is 6.04 Å². The highest BCUT2D eigenvalue weighted by molar-refractivity contribution is 5.26.